The molecule has 2 nitrogen and oxygen atoms in total. The topological polar surface area (TPSA) is 43.1 Å². The van der Waals surface area contributed by atoms with E-state index in [1.54, 1.807) is 0 Å². The lowest BCUT2D eigenvalue weighted by atomic mass is 10.0. The Morgan fingerprint density at radius 3 is 2.53 bits per heavy atom. The van der Waals surface area contributed by atoms with Crippen molar-refractivity contribution >= 4 is 18.6 Å². The van der Waals surface area contributed by atoms with Gasteiger partial charge in [0.2, 0.25) is 0 Å². The minimum atomic E-state index is 0.686. The number of nitrogen functional groups attached to an aromatic ring is 1. The fourth-order valence-corrected chi connectivity index (χ4v) is 1.26. The maximum absolute atomic E-state index is 8.00. The SMILES string of the molecule is C#Cc1cc(C)cc(/C=C\C)c1N.C=O. The van der Waals surface area contributed by atoms with Gasteiger partial charge in [0.1, 0.15) is 6.79 Å². The molecule has 0 fully saturated rings. The van der Waals surface area contributed by atoms with Crippen LogP contribution in [0, 0.1) is 19.3 Å². The number of nitrogens with two attached hydrogens (primary N) is 1. The van der Waals surface area contributed by atoms with E-state index in [4.69, 9.17) is 17.0 Å². The van der Waals surface area contributed by atoms with Crippen molar-refractivity contribution < 1.29 is 4.79 Å². The van der Waals surface area contributed by atoms with E-state index < -0.39 is 0 Å². The van der Waals surface area contributed by atoms with Crippen molar-refractivity contribution in [1.29, 1.82) is 0 Å². The lowest BCUT2D eigenvalue weighted by Gasteiger charge is -2.05. The Bertz CT molecular complexity index is 400. The minimum Gasteiger partial charge on any atom is -0.397 e. The highest BCUT2D eigenvalue weighted by Crippen LogP contribution is 2.20. The predicted octanol–water partition coefficient (Wildman–Crippen LogP) is 2.41. The molecule has 0 saturated heterocycles. The Balaban J connectivity index is 0.000000921. The zero-order valence-electron chi connectivity index (χ0n) is 9.08. The van der Waals surface area contributed by atoms with Gasteiger partial charge in [-0.25, -0.2) is 0 Å². The third-order valence-corrected chi connectivity index (χ3v) is 1.86. The molecule has 0 spiro atoms. The van der Waals surface area contributed by atoms with Crippen LogP contribution in [0.1, 0.15) is 23.6 Å². The number of allylic oxidation sites excluding steroid dienone is 1. The fraction of sp³-hybridized carbons (Fsp3) is 0.154. The summed E-state index contributed by atoms with van der Waals surface area (Å²) < 4.78 is 0. The molecule has 0 heterocycles. The molecule has 1 rings (SSSR count). The van der Waals surface area contributed by atoms with Crippen LogP contribution in [0.3, 0.4) is 0 Å². The van der Waals surface area contributed by atoms with Crippen LogP contribution < -0.4 is 5.73 Å². The molecule has 0 radical (unpaired) electrons. The van der Waals surface area contributed by atoms with Gasteiger partial charge >= 0.3 is 0 Å². The second kappa shape index (κ2) is 6.44. The Hall–Kier alpha value is -2.01. The Morgan fingerprint density at radius 2 is 2.07 bits per heavy atom. The van der Waals surface area contributed by atoms with Crippen LogP contribution in [-0.2, 0) is 4.79 Å². The van der Waals surface area contributed by atoms with Crippen LogP contribution in [0.2, 0.25) is 0 Å². The van der Waals surface area contributed by atoms with E-state index in [1.165, 1.54) is 0 Å². The summed E-state index contributed by atoms with van der Waals surface area (Å²) in [7, 11) is 0. The van der Waals surface area contributed by atoms with Crippen molar-refractivity contribution in [3.05, 3.63) is 34.9 Å². The molecule has 0 bridgehead atoms. The third kappa shape index (κ3) is 3.32. The Labute approximate surface area is 90.8 Å². The molecule has 0 amide bonds. The lowest BCUT2D eigenvalue weighted by molar-refractivity contribution is -0.0979. The van der Waals surface area contributed by atoms with E-state index in [9.17, 15) is 0 Å². The van der Waals surface area contributed by atoms with Crippen LogP contribution in [0.25, 0.3) is 6.08 Å². The first kappa shape index (κ1) is 13.0. The highest BCUT2D eigenvalue weighted by atomic mass is 16.1. The largest absolute Gasteiger partial charge is 0.397 e. The van der Waals surface area contributed by atoms with Gasteiger partial charge in [0.05, 0.1) is 5.69 Å². The van der Waals surface area contributed by atoms with E-state index in [2.05, 4.69) is 5.92 Å². The number of aryl methyl sites for hydroxylation is 1. The van der Waals surface area contributed by atoms with Crippen LogP contribution >= 0.6 is 0 Å². The number of hydrogen-bond donors (Lipinski definition) is 1. The van der Waals surface area contributed by atoms with Crippen LogP contribution in [0.5, 0.6) is 0 Å². The maximum atomic E-state index is 8.00. The van der Waals surface area contributed by atoms with Crippen LogP contribution in [-0.4, -0.2) is 6.79 Å². The number of carbonyl (C=O) groups is 1. The van der Waals surface area contributed by atoms with Crippen molar-refractivity contribution in [1.82, 2.24) is 0 Å². The number of rotatable bonds is 1. The molecule has 2 heteroatoms. The molecule has 1 aromatic rings. The molecular weight excluding hydrogens is 186 g/mol. The zero-order chi connectivity index (χ0) is 11.8. The van der Waals surface area contributed by atoms with Gasteiger partial charge in [0, 0.05) is 5.56 Å². The number of hydrogen-bond acceptors (Lipinski definition) is 2. The number of carbonyl (C=O) groups excluding carboxylic acids is 1. The minimum absolute atomic E-state index is 0.686. The lowest BCUT2D eigenvalue weighted by Crippen LogP contribution is -1.94. The summed E-state index contributed by atoms with van der Waals surface area (Å²) >= 11 is 0. The van der Waals surface area contributed by atoms with E-state index in [-0.39, 0.29) is 0 Å². The first-order valence-electron chi connectivity index (χ1n) is 4.47. The molecule has 78 valence electrons. The molecule has 1 aromatic carbocycles. The summed E-state index contributed by atoms with van der Waals surface area (Å²) in [5.74, 6) is 2.58. The van der Waals surface area contributed by atoms with Crippen LogP contribution in [0.15, 0.2) is 18.2 Å². The van der Waals surface area contributed by atoms with Crippen molar-refractivity contribution in [3.8, 4) is 12.3 Å². The number of anilines is 1. The summed E-state index contributed by atoms with van der Waals surface area (Å²) in [5, 5.41) is 0. The fourth-order valence-electron chi connectivity index (χ4n) is 1.26. The monoisotopic (exact) mass is 201 g/mol. The van der Waals surface area contributed by atoms with Gasteiger partial charge in [-0.15, -0.1) is 6.42 Å². The van der Waals surface area contributed by atoms with Gasteiger partial charge in [0.25, 0.3) is 0 Å². The predicted molar refractivity (Wildman–Crippen MR) is 65.4 cm³/mol. The molecule has 0 atom stereocenters. The van der Waals surface area contributed by atoms with Gasteiger partial charge in [-0.1, -0.05) is 18.1 Å². The summed E-state index contributed by atoms with van der Waals surface area (Å²) in [4.78, 5) is 8.00. The van der Waals surface area contributed by atoms with Gasteiger partial charge in [-0.2, -0.15) is 0 Å². The molecule has 0 saturated carbocycles. The third-order valence-electron chi connectivity index (χ3n) is 1.86. The Morgan fingerprint density at radius 1 is 1.47 bits per heavy atom. The van der Waals surface area contributed by atoms with Crippen molar-refractivity contribution in [2.75, 3.05) is 5.73 Å². The molecule has 0 aliphatic rings. The highest BCUT2D eigenvalue weighted by Gasteiger charge is 2.01. The van der Waals surface area contributed by atoms with Crippen molar-refractivity contribution in [3.63, 3.8) is 0 Å². The van der Waals surface area contributed by atoms with Crippen LogP contribution in [0.4, 0.5) is 5.69 Å². The standard InChI is InChI=1S/C12H13N.CH2O/c1-4-6-11-8-9(3)7-10(5-2)12(11)13;1-2/h2,4,6-8H,13H2,1,3H3;1H2/b6-4-;. The molecule has 0 unspecified atom stereocenters. The quantitative estimate of drug-likeness (QED) is 0.560. The zero-order valence-corrected chi connectivity index (χ0v) is 9.08. The van der Waals surface area contributed by atoms with E-state index in [0.717, 1.165) is 16.7 Å². The van der Waals surface area contributed by atoms with Crippen molar-refractivity contribution in [2.24, 2.45) is 0 Å². The van der Waals surface area contributed by atoms with E-state index in [1.807, 2.05) is 44.9 Å². The maximum Gasteiger partial charge on any atom is 0.106 e. The molecular formula is C13H15NO. The molecule has 0 aliphatic heterocycles. The first-order valence-corrected chi connectivity index (χ1v) is 4.47. The van der Waals surface area contributed by atoms with Gasteiger partial charge in [0.15, 0.2) is 0 Å². The molecule has 0 aliphatic carbocycles. The summed E-state index contributed by atoms with van der Waals surface area (Å²) in [6, 6.07) is 3.94. The molecule has 0 aromatic heterocycles. The highest BCUT2D eigenvalue weighted by molar-refractivity contribution is 5.71. The van der Waals surface area contributed by atoms with E-state index in [0.29, 0.717) is 5.69 Å². The van der Waals surface area contributed by atoms with E-state index >= 15 is 0 Å². The number of terminal acetylenes is 1. The van der Waals surface area contributed by atoms with Gasteiger partial charge in [-0.05, 0) is 37.1 Å². The second-order valence-electron chi connectivity index (χ2n) is 2.96. The molecule has 15 heavy (non-hydrogen) atoms. The van der Waals surface area contributed by atoms with Gasteiger partial charge in [-0.3, -0.25) is 0 Å². The summed E-state index contributed by atoms with van der Waals surface area (Å²) in [6.45, 7) is 5.96. The smallest absolute Gasteiger partial charge is 0.106 e. The summed E-state index contributed by atoms with van der Waals surface area (Å²) in [5.41, 5.74) is 9.44. The number of benzene rings is 1. The second-order valence-corrected chi connectivity index (χ2v) is 2.96. The van der Waals surface area contributed by atoms with Crippen molar-refractivity contribution in [2.45, 2.75) is 13.8 Å². The Kier molecular flexibility index (Phi) is 5.58. The average Bonchev–Trinajstić information content (AvgIpc) is 2.26. The first-order chi connectivity index (χ1) is 7.19. The molecule has 2 N–H and O–H groups in total. The average molecular weight is 201 g/mol. The van der Waals surface area contributed by atoms with Gasteiger partial charge < -0.3 is 10.5 Å². The summed E-state index contributed by atoms with van der Waals surface area (Å²) in [6.07, 6.45) is 9.24. The normalized spacial score (nSPS) is 9.13.